The van der Waals surface area contributed by atoms with Gasteiger partial charge in [0.25, 0.3) is 0 Å². The van der Waals surface area contributed by atoms with E-state index in [9.17, 15) is 0 Å². The highest BCUT2D eigenvalue weighted by atomic mass is 35.5. The highest BCUT2D eigenvalue weighted by Crippen LogP contribution is 2.25. The molecule has 0 unspecified atom stereocenters. The lowest BCUT2D eigenvalue weighted by Crippen LogP contribution is -2.29. The normalized spacial score (nSPS) is 16.1. The smallest absolute Gasteiger partial charge is 0.124 e. The van der Waals surface area contributed by atoms with Crippen LogP contribution in [0, 0.1) is 0 Å². The van der Waals surface area contributed by atoms with Crippen LogP contribution in [0.2, 0.25) is 10.0 Å². The molecule has 2 aromatic rings. The van der Waals surface area contributed by atoms with Crippen molar-refractivity contribution >= 4 is 23.2 Å². The lowest BCUT2D eigenvalue weighted by molar-refractivity contribution is 0.300. The van der Waals surface area contributed by atoms with Crippen LogP contribution in [0.4, 0.5) is 0 Å². The fraction of sp³-hybridized carbons (Fsp3) is 0.455. The Labute approximate surface area is 166 Å². The second kappa shape index (κ2) is 10.2. The van der Waals surface area contributed by atoms with E-state index in [4.69, 9.17) is 27.9 Å². The maximum Gasteiger partial charge on any atom is 0.124 e. The molecule has 26 heavy (non-hydrogen) atoms. The van der Waals surface area contributed by atoms with Crippen molar-refractivity contribution in [3.8, 4) is 5.75 Å². The Morgan fingerprint density at radius 1 is 0.885 bits per heavy atom. The minimum atomic E-state index is 0.483. The van der Waals surface area contributed by atoms with Crippen molar-refractivity contribution in [1.82, 2.24) is 5.32 Å². The lowest BCUT2D eigenvalue weighted by atomic mass is 9.96. The molecule has 140 valence electrons. The minimum Gasteiger partial charge on any atom is -0.489 e. The van der Waals surface area contributed by atoms with Gasteiger partial charge in [0.1, 0.15) is 12.4 Å². The topological polar surface area (TPSA) is 21.3 Å². The first-order valence-corrected chi connectivity index (χ1v) is 10.4. The van der Waals surface area contributed by atoms with E-state index in [2.05, 4.69) is 17.4 Å². The molecule has 0 saturated heterocycles. The monoisotopic (exact) mass is 391 g/mol. The van der Waals surface area contributed by atoms with Gasteiger partial charge in [0.05, 0.1) is 10.0 Å². The summed E-state index contributed by atoms with van der Waals surface area (Å²) < 4.78 is 6.06. The summed E-state index contributed by atoms with van der Waals surface area (Å²) >= 11 is 12.1. The zero-order valence-corrected chi connectivity index (χ0v) is 16.7. The molecule has 2 nitrogen and oxygen atoms in total. The van der Waals surface area contributed by atoms with E-state index in [1.54, 1.807) is 0 Å². The van der Waals surface area contributed by atoms with E-state index >= 15 is 0 Å². The van der Waals surface area contributed by atoms with Crippen LogP contribution in [0.1, 0.15) is 56.1 Å². The second-order valence-electron chi connectivity index (χ2n) is 7.07. The number of para-hydroxylation sites is 1. The molecule has 4 heteroatoms. The van der Waals surface area contributed by atoms with Crippen LogP contribution in [-0.4, -0.2) is 6.04 Å². The van der Waals surface area contributed by atoms with Gasteiger partial charge in [-0.15, -0.1) is 0 Å². The Balaban J connectivity index is 1.57. The molecule has 0 heterocycles. The average molecular weight is 392 g/mol. The van der Waals surface area contributed by atoms with Gasteiger partial charge in [0.2, 0.25) is 0 Å². The molecule has 1 N–H and O–H groups in total. The van der Waals surface area contributed by atoms with Crippen molar-refractivity contribution in [3.63, 3.8) is 0 Å². The van der Waals surface area contributed by atoms with Gasteiger partial charge in [-0.25, -0.2) is 0 Å². The van der Waals surface area contributed by atoms with Crippen molar-refractivity contribution in [2.45, 2.75) is 64.1 Å². The van der Waals surface area contributed by atoms with E-state index in [1.165, 1.54) is 50.5 Å². The molecule has 1 aliphatic rings. The van der Waals surface area contributed by atoms with E-state index in [1.807, 2.05) is 30.3 Å². The van der Waals surface area contributed by atoms with Crippen LogP contribution in [-0.2, 0) is 13.2 Å². The average Bonchev–Trinajstić information content (AvgIpc) is 2.62. The van der Waals surface area contributed by atoms with Gasteiger partial charge in [-0.3, -0.25) is 0 Å². The first kappa shape index (κ1) is 19.5. The number of rotatable bonds is 6. The van der Waals surface area contributed by atoms with Crippen LogP contribution >= 0.6 is 23.2 Å². The third-order valence-corrected chi connectivity index (χ3v) is 5.78. The summed E-state index contributed by atoms with van der Waals surface area (Å²) in [5.41, 5.74) is 2.22. The molecule has 0 aliphatic heterocycles. The van der Waals surface area contributed by atoms with Crippen LogP contribution in [0.15, 0.2) is 42.5 Å². The number of nitrogens with one attached hydrogen (secondary N) is 1. The summed E-state index contributed by atoms with van der Waals surface area (Å²) in [4.78, 5) is 0. The Morgan fingerprint density at radius 2 is 1.62 bits per heavy atom. The van der Waals surface area contributed by atoms with E-state index in [0.717, 1.165) is 17.9 Å². The second-order valence-corrected chi connectivity index (χ2v) is 7.88. The van der Waals surface area contributed by atoms with Gasteiger partial charge in [0.15, 0.2) is 0 Å². The molecule has 0 amide bonds. The summed E-state index contributed by atoms with van der Waals surface area (Å²) in [7, 11) is 0. The molecule has 3 rings (SSSR count). The van der Waals surface area contributed by atoms with Crippen molar-refractivity contribution in [1.29, 1.82) is 0 Å². The van der Waals surface area contributed by atoms with Gasteiger partial charge in [0, 0.05) is 18.2 Å². The Hall–Kier alpha value is -1.22. The summed E-state index contributed by atoms with van der Waals surface area (Å²) in [6.45, 7) is 1.33. The predicted octanol–water partition coefficient (Wildman–Crippen LogP) is 6.77. The van der Waals surface area contributed by atoms with Crippen LogP contribution in [0.5, 0.6) is 5.75 Å². The van der Waals surface area contributed by atoms with E-state index in [-0.39, 0.29) is 0 Å². The molecular weight excluding hydrogens is 365 g/mol. The summed E-state index contributed by atoms with van der Waals surface area (Å²) in [5.74, 6) is 0.928. The fourth-order valence-electron chi connectivity index (χ4n) is 3.50. The maximum absolute atomic E-state index is 6.09. The zero-order valence-electron chi connectivity index (χ0n) is 15.1. The van der Waals surface area contributed by atoms with Crippen molar-refractivity contribution in [3.05, 3.63) is 63.6 Å². The highest BCUT2D eigenvalue weighted by Gasteiger charge is 2.12. The number of hydrogen-bond donors (Lipinski definition) is 1. The number of benzene rings is 2. The van der Waals surface area contributed by atoms with Crippen LogP contribution in [0.25, 0.3) is 0 Å². The Kier molecular flexibility index (Phi) is 7.67. The van der Waals surface area contributed by atoms with Gasteiger partial charge < -0.3 is 10.1 Å². The summed E-state index contributed by atoms with van der Waals surface area (Å²) in [5, 5.41) is 4.87. The third kappa shape index (κ3) is 5.90. The SMILES string of the molecule is Clc1ccc(COc2ccccc2CNC2CCCCCCC2)cc1Cl. The predicted molar refractivity (Wildman–Crippen MR) is 110 cm³/mol. The van der Waals surface area contributed by atoms with Gasteiger partial charge in [-0.1, -0.05) is 79.6 Å². The molecule has 0 radical (unpaired) electrons. The molecule has 0 spiro atoms. The molecule has 1 saturated carbocycles. The minimum absolute atomic E-state index is 0.483. The molecule has 1 fully saturated rings. The maximum atomic E-state index is 6.09. The Morgan fingerprint density at radius 3 is 2.38 bits per heavy atom. The van der Waals surface area contributed by atoms with E-state index in [0.29, 0.717) is 22.7 Å². The summed E-state index contributed by atoms with van der Waals surface area (Å²) in [6, 6.07) is 14.5. The van der Waals surface area contributed by atoms with Crippen molar-refractivity contribution in [2.24, 2.45) is 0 Å². The molecule has 1 aliphatic carbocycles. The molecule has 0 bridgehead atoms. The first-order valence-electron chi connectivity index (χ1n) is 9.60. The number of hydrogen-bond acceptors (Lipinski definition) is 2. The van der Waals surface area contributed by atoms with Gasteiger partial charge in [-0.05, 0) is 36.6 Å². The van der Waals surface area contributed by atoms with E-state index < -0.39 is 0 Å². The lowest BCUT2D eigenvalue weighted by Gasteiger charge is -2.22. The largest absolute Gasteiger partial charge is 0.489 e. The Bertz CT molecular complexity index is 696. The summed E-state index contributed by atoms with van der Waals surface area (Å²) in [6.07, 6.45) is 9.40. The first-order chi connectivity index (χ1) is 12.7. The van der Waals surface area contributed by atoms with Gasteiger partial charge >= 0.3 is 0 Å². The standard InChI is InChI=1S/C22H27Cl2NO/c23-20-13-12-17(14-21(20)24)16-26-22-11-7-6-8-18(22)15-25-19-9-4-2-1-3-5-10-19/h6-8,11-14,19,25H,1-5,9-10,15-16H2. The quantitative estimate of drug-likeness (QED) is 0.585. The van der Waals surface area contributed by atoms with Crippen LogP contribution in [0.3, 0.4) is 0 Å². The molecule has 0 atom stereocenters. The van der Waals surface area contributed by atoms with Gasteiger partial charge in [-0.2, -0.15) is 0 Å². The third-order valence-electron chi connectivity index (χ3n) is 5.04. The number of ether oxygens (including phenoxy) is 1. The van der Waals surface area contributed by atoms with Crippen LogP contribution < -0.4 is 10.1 Å². The highest BCUT2D eigenvalue weighted by molar-refractivity contribution is 6.42. The molecule has 0 aromatic heterocycles. The molecule has 2 aromatic carbocycles. The van der Waals surface area contributed by atoms with Crippen molar-refractivity contribution in [2.75, 3.05) is 0 Å². The zero-order chi connectivity index (χ0) is 18.2. The fourth-order valence-corrected chi connectivity index (χ4v) is 3.82. The number of halogens is 2. The van der Waals surface area contributed by atoms with Crippen molar-refractivity contribution < 1.29 is 4.74 Å². The molecular formula is C22H27Cl2NO.